The van der Waals surface area contributed by atoms with Crippen LogP contribution in [0.2, 0.25) is 6.32 Å². The summed E-state index contributed by atoms with van der Waals surface area (Å²) < 4.78 is 0. The Bertz CT molecular complexity index is 201. The van der Waals surface area contributed by atoms with Crippen LogP contribution in [0, 0.1) is 12.8 Å². The summed E-state index contributed by atoms with van der Waals surface area (Å²) in [7, 11) is 0. The lowest BCUT2D eigenvalue weighted by molar-refractivity contribution is -0.119. The molecule has 1 radical (unpaired) electrons. The van der Waals surface area contributed by atoms with Crippen LogP contribution < -0.4 is 10.5 Å². The van der Waals surface area contributed by atoms with Crippen molar-refractivity contribution in [2.45, 2.75) is 39.9 Å². The van der Waals surface area contributed by atoms with Crippen LogP contribution in [0.15, 0.2) is 0 Å². The Morgan fingerprint density at radius 1 is 1.20 bits per heavy atom. The molecule has 0 fully saturated rings. The van der Waals surface area contributed by atoms with Crippen LogP contribution in [0.1, 0.15) is 33.6 Å². The number of carbonyl (C=O) groups is 2. The summed E-state index contributed by atoms with van der Waals surface area (Å²) in [6.45, 7) is 9.05. The molecule has 0 saturated heterocycles. The zero-order chi connectivity index (χ0) is 11.8. The Kier molecular flexibility index (Phi) is 6.83. The molecule has 0 aromatic heterocycles. The summed E-state index contributed by atoms with van der Waals surface area (Å²) in [6.07, 6.45) is 1.49. The summed E-state index contributed by atoms with van der Waals surface area (Å²) in [5.41, 5.74) is 0. The Morgan fingerprint density at radius 3 is 1.87 bits per heavy atom. The maximum atomic E-state index is 11.2. The molecule has 0 spiro atoms. The molecular formula is C10H20BN2O2. The van der Waals surface area contributed by atoms with E-state index < -0.39 is 0 Å². The van der Waals surface area contributed by atoms with Gasteiger partial charge in [0, 0.05) is 12.8 Å². The first-order valence-corrected chi connectivity index (χ1v) is 5.41. The van der Waals surface area contributed by atoms with E-state index in [0.29, 0.717) is 19.2 Å². The van der Waals surface area contributed by atoms with Crippen molar-refractivity contribution < 1.29 is 9.59 Å². The van der Waals surface area contributed by atoms with Crippen LogP contribution in [0.25, 0.3) is 0 Å². The molecule has 0 aromatic carbocycles. The third-order valence-corrected chi connectivity index (χ3v) is 1.95. The first-order chi connectivity index (χ1) is 6.99. The predicted molar refractivity (Wildman–Crippen MR) is 61.9 cm³/mol. The second-order valence-electron chi connectivity index (χ2n) is 3.74. The molecule has 0 bridgehead atoms. The van der Waals surface area contributed by atoms with Gasteiger partial charge in [0.15, 0.2) is 0 Å². The fourth-order valence-corrected chi connectivity index (χ4v) is 1.15. The molecule has 4 nitrogen and oxygen atoms in total. The Hall–Kier alpha value is -0.995. The molecule has 0 aliphatic rings. The molecule has 0 saturated carbocycles. The third kappa shape index (κ3) is 7.00. The summed E-state index contributed by atoms with van der Waals surface area (Å²) in [4.78, 5) is 22.4. The van der Waals surface area contributed by atoms with Crippen LogP contribution in [0.3, 0.4) is 0 Å². The average Bonchev–Trinajstić information content (AvgIpc) is 2.16. The van der Waals surface area contributed by atoms with Crippen molar-refractivity contribution in [1.29, 1.82) is 0 Å². The van der Waals surface area contributed by atoms with E-state index in [2.05, 4.69) is 17.4 Å². The molecule has 0 rings (SSSR count). The minimum Gasteiger partial charge on any atom is -0.380 e. The van der Waals surface area contributed by atoms with E-state index in [9.17, 15) is 9.59 Å². The monoisotopic (exact) mass is 211 g/mol. The predicted octanol–water partition coefficient (Wildman–Crippen LogP) is 0.997. The highest BCUT2D eigenvalue weighted by molar-refractivity contribution is 6.59. The highest BCUT2D eigenvalue weighted by Gasteiger charge is 2.20. The maximum Gasteiger partial charge on any atom is 0.374 e. The first kappa shape index (κ1) is 14.0. The molecule has 2 amide bonds. The van der Waals surface area contributed by atoms with Gasteiger partial charge in [0.2, 0.25) is 11.8 Å². The van der Waals surface area contributed by atoms with Crippen molar-refractivity contribution in [2.24, 2.45) is 5.92 Å². The van der Waals surface area contributed by atoms with Gasteiger partial charge in [-0.1, -0.05) is 27.7 Å². The van der Waals surface area contributed by atoms with E-state index in [1.807, 2.05) is 6.92 Å². The lowest BCUT2D eigenvalue weighted by Gasteiger charge is -2.17. The smallest absolute Gasteiger partial charge is 0.374 e. The highest BCUT2D eigenvalue weighted by Crippen LogP contribution is 2.01. The van der Waals surface area contributed by atoms with Gasteiger partial charge in [0.05, 0.1) is 0 Å². The van der Waals surface area contributed by atoms with E-state index in [-0.39, 0.29) is 24.7 Å². The summed E-state index contributed by atoms with van der Waals surface area (Å²) in [6, 6.07) is 0. The molecular weight excluding hydrogens is 191 g/mol. The van der Waals surface area contributed by atoms with Crippen LogP contribution in [0.4, 0.5) is 0 Å². The molecule has 0 aliphatic heterocycles. The molecule has 0 aromatic rings. The summed E-state index contributed by atoms with van der Waals surface area (Å²) >= 11 is 0. The second kappa shape index (κ2) is 7.32. The zero-order valence-electron chi connectivity index (χ0n) is 9.80. The van der Waals surface area contributed by atoms with Gasteiger partial charge in [0.25, 0.3) is 0 Å². The molecule has 15 heavy (non-hydrogen) atoms. The SMILES string of the molecule is [CH2]C(C)CB(NC(=O)CC)NC(=O)CC. The fraction of sp³-hybridized carbons (Fsp3) is 0.700. The van der Waals surface area contributed by atoms with E-state index in [0.717, 1.165) is 0 Å². The molecule has 5 heteroatoms. The number of nitrogens with one attached hydrogen (secondary N) is 2. The van der Waals surface area contributed by atoms with E-state index in [4.69, 9.17) is 0 Å². The Labute approximate surface area is 92.3 Å². The van der Waals surface area contributed by atoms with Crippen molar-refractivity contribution in [1.82, 2.24) is 10.5 Å². The summed E-state index contributed by atoms with van der Waals surface area (Å²) in [5, 5.41) is 5.50. The van der Waals surface area contributed by atoms with E-state index in [1.165, 1.54) is 0 Å². The molecule has 0 heterocycles. The van der Waals surface area contributed by atoms with E-state index >= 15 is 0 Å². The zero-order valence-corrected chi connectivity index (χ0v) is 9.80. The number of carbonyl (C=O) groups excluding carboxylic acids is 2. The molecule has 1 unspecified atom stereocenters. The van der Waals surface area contributed by atoms with Gasteiger partial charge in [-0.2, -0.15) is 0 Å². The van der Waals surface area contributed by atoms with Crippen molar-refractivity contribution in [2.75, 3.05) is 0 Å². The Balaban J connectivity index is 4.17. The lowest BCUT2D eigenvalue weighted by atomic mass is 9.68. The number of amides is 2. The van der Waals surface area contributed by atoms with Crippen molar-refractivity contribution in [3.05, 3.63) is 6.92 Å². The van der Waals surface area contributed by atoms with Gasteiger partial charge >= 0.3 is 6.98 Å². The standard InChI is InChI=1S/C10H20BN2O2/c1-5-9(14)12-11(7-8(3)4)13-10(15)6-2/h8H,3,5-7H2,1-2,4H3,(H,12,14)(H,13,15). The molecule has 85 valence electrons. The lowest BCUT2D eigenvalue weighted by Crippen LogP contribution is -2.52. The fourth-order valence-electron chi connectivity index (χ4n) is 1.15. The molecule has 1 atom stereocenters. The van der Waals surface area contributed by atoms with Gasteiger partial charge in [0.1, 0.15) is 0 Å². The maximum absolute atomic E-state index is 11.2. The number of hydrogen-bond donors (Lipinski definition) is 2. The highest BCUT2D eigenvalue weighted by atomic mass is 16.2. The summed E-state index contributed by atoms with van der Waals surface area (Å²) in [5.74, 6) is 0.0680. The number of rotatable bonds is 6. The number of hydrogen-bond acceptors (Lipinski definition) is 2. The largest absolute Gasteiger partial charge is 0.380 e. The minimum absolute atomic E-state index is 0.0583. The van der Waals surface area contributed by atoms with Gasteiger partial charge in [-0.25, -0.2) is 0 Å². The van der Waals surface area contributed by atoms with Crippen LogP contribution in [0.5, 0.6) is 0 Å². The second-order valence-corrected chi connectivity index (χ2v) is 3.74. The third-order valence-electron chi connectivity index (χ3n) is 1.95. The first-order valence-electron chi connectivity index (χ1n) is 5.41. The minimum atomic E-state index is -0.294. The average molecular weight is 211 g/mol. The van der Waals surface area contributed by atoms with Crippen LogP contribution in [-0.2, 0) is 9.59 Å². The quantitative estimate of drug-likeness (QED) is 0.644. The van der Waals surface area contributed by atoms with Crippen LogP contribution in [-0.4, -0.2) is 18.8 Å². The van der Waals surface area contributed by atoms with Crippen LogP contribution >= 0.6 is 0 Å². The van der Waals surface area contributed by atoms with Gasteiger partial charge < -0.3 is 10.5 Å². The van der Waals surface area contributed by atoms with Crippen molar-refractivity contribution in [3.8, 4) is 0 Å². The van der Waals surface area contributed by atoms with Crippen molar-refractivity contribution >= 4 is 18.8 Å². The molecule has 2 N–H and O–H groups in total. The Morgan fingerprint density at radius 2 is 1.60 bits per heavy atom. The normalized spacial score (nSPS) is 9.93. The molecule has 0 aliphatic carbocycles. The van der Waals surface area contributed by atoms with Gasteiger partial charge in [-0.05, 0) is 12.2 Å². The van der Waals surface area contributed by atoms with Crippen molar-refractivity contribution in [3.63, 3.8) is 0 Å². The van der Waals surface area contributed by atoms with E-state index in [1.54, 1.807) is 13.8 Å². The van der Waals surface area contributed by atoms with Gasteiger partial charge in [-0.3, -0.25) is 9.59 Å². The van der Waals surface area contributed by atoms with Gasteiger partial charge in [-0.15, -0.1) is 0 Å². The topological polar surface area (TPSA) is 58.2 Å².